The largest absolute Gasteiger partial charge is 0.416 e. The van der Waals surface area contributed by atoms with Gasteiger partial charge in [0.1, 0.15) is 0 Å². The molecular formula is C11H11F6NO. The summed E-state index contributed by atoms with van der Waals surface area (Å²) < 4.78 is 75.0. The summed E-state index contributed by atoms with van der Waals surface area (Å²) in [6, 6.07) is 0.341. The van der Waals surface area contributed by atoms with E-state index in [0.717, 1.165) is 0 Å². The molecule has 2 nitrogen and oxygen atoms in total. The van der Waals surface area contributed by atoms with Crippen LogP contribution in [0.1, 0.15) is 16.7 Å². The Balaban J connectivity index is 3.25. The zero-order valence-electron chi connectivity index (χ0n) is 9.52. The van der Waals surface area contributed by atoms with Crippen LogP contribution < -0.4 is 5.73 Å². The molecule has 0 bridgehead atoms. The monoisotopic (exact) mass is 287 g/mol. The fourth-order valence-corrected chi connectivity index (χ4v) is 1.50. The molecule has 1 rings (SSSR count). The van der Waals surface area contributed by atoms with Gasteiger partial charge in [-0.3, -0.25) is 0 Å². The van der Waals surface area contributed by atoms with Gasteiger partial charge in [0.25, 0.3) is 0 Å². The average Bonchev–Trinajstić information content (AvgIpc) is 2.26. The normalized spacial score (nSPS) is 14.5. The summed E-state index contributed by atoms with van der Waals surface area (Å²) in [5.74, 6) is 0. The molecule has 0 aliphatic rings. The van der Waals surface area contributed by atoms with Gasteiger partial charge < -0.3 is 10.8 Å². The van der Waals surface area contributed by atoms with Crippen molar-refractivity contribution >= 4 is 0 Å². The minimum atomic E-state index is -4.88. The zero-order chi connectivity index (χ0) is 14.8. The van der Waals surface area contributed by atoms with Crippen LogP contribution in [0.15, 0.2) is 18.2 Å². The first-order chi connectivity index (χ1) is 8.54. The predicted octanol–water partition coefficient (Wildman–Crippen LogP) is 2.59. The Bertz CT molecular complexity index is 408. The van der Waals surface area contributed by atoms with Gasteiger partial charge in [0, 0.05) is 6.04 Å². The van der Waals surface area contributed by atoms with E-state index >= 15 is 0 Å². The number of halogens is 6. The molecule has 8 heteroatoms. The molecule has 1 unspecified atom stereocenters. The summed E-state index contributed by atoms with van der Waals surface area (Å²) in [7, 11) is 0. The van der Waals surface area contributed by atoms with Crippen LogP contribution in [-0.2, 0) is 18.8 Å². The zero-order valence-corrected chi connectivity index (χ0v) is 9.52. The Morgan fingerprint density at radius 1 is 0.947 bits per heavy atom. The Morgan fingerprint density at radius 3 is 1.68 bits per heavy atom. The van der Waals surface area contributed by atoms with E-state index < -0.39 is 36.1 Å². The van der Waals surface area contributed by atoms with Crippen LogP contribution in [-0.4, -0.2) is 17.8 Å². The number of hydrogen-bond donors (Lipinski definition) is 2. The van der Waals surface area contributed by atoms with Crippen LogP contribution in [0.2, 0.25) is 0 Å². The molecule has 108 valence electrons. The Hall–Kier alpha value is -1.28. The van der Waals surface area contributed by atoms with Crippen molar-refractivity contribution in [3.05, 3.63) is 34.9 Å². The van der Waals surface area contributed by atoms with Crippen LogP contribution in [0.4, 0.5) is 26.3 Å². The number of aliphatic hydroxyl groups excluding tert-OH is 1. The molecule has 0 saturated carbocycles. The van der Waals surface area contributed by atoms with E-state index in [2.05, 4.69) is 0 Å². The van der Waals surface area contributed by atoms with Crippen LogP contribution in [0, 0.1) is 0 Å². The summed E-state index contributed by atoms with van der Waals surface area (Å²) in [4.78, 5) is 0. The van der Waals surface area contributed by atoms with Crippen molar-refractivity contribution in [2.24, 2.45) is 5.73 Å². The third-order valence-corrected chi connectivity index (χ3v) is 2.38. The number of rotatable bonds is 3. The van der Waals surface area contributed by atoms with Gasteiger partial charge in [-0.1, -0.05) is 0 Å². The second-order valence-electron chi connectivity index (χ2n) is 4.06. The summed E-state index contributed by atoms with van der Waals surface area (Å²) in [6.07, 6.45) is -10.0. The van der Waals surface area contributed by atoms with Crippen molar-refractivity contribution < 1.29 is 31.4 Å². The molecule has 0 saturated heterocycles. The third-order valence-electron chi connectivity index (χ3n) is 2.38. The standard InChI is InChI=1S/C11H11F6NO/c12-10(13,14)7-1-6(3-9(18)5-19)2-8(4-7)11(15,16)17/h1-2,4,9,19H,3,5,18H2. The lowest BCUT2D eigenvalue weighted by Crippen LogP contribution is -2.27. The van der Waals surface area contributed by atoms with Crippen molar-refractivity contribution in [2.75, 3.05) is 6.61 Å². The van der Waals surface area contributed by atoms with Crippen molar-refractivity contribution in [3.8, 4) is 0 Å². The molecule has 1 aromatic carbocycles. The number of alkyl halides is 6. The lowest BCUT2D eigenvalue weighted by atomic mass is 10.00. The van der Waals surface area contributed by atoms with Gasteiger partial charge in [0.15, 0.2) is 0 Å². The van der Waals surface area contributed by atoms with Crippen LogP contribution in [0.3, 0.4) is 0 Å². The average molecular weight is 287 g/mol. The fraction of sp³-hybridized carbons (Fsp3) is 0.455. The minimum Gasteiger partial charge on any atom is -0.395 e. The highest BCUT2D eigenvalue weighted by Gasteiger charge is 2.36. The molecule has 1 atom stereocenters. The predicted molar refractivity (Wildman–Crippen MR) is 55.2 cm³/mol. The second-order valence-corrected chi connectivity index (χ2v) is 4.06. The van der Waals surface area contributed by atoms with Crippen molar-refractivity contribution in [1.29, 1.82) is 0 Å². The highest BCUT2D eigenvalue weighted by Crippen LogP contribution is 2.36. The van der Waals surface area contributed by atoms with Crippen LogP contribution >= 0.6 is 0 Å². The topological polar surface area (TPSA) is 46.2 Å². The maximum Gasteiger partial charge on any atom is 0.416 e. The third kappa shape index (κ3) is 4.39. The smallest absolute Gasteiger partial charge is 0.395 e. The highest BCUT2D eigenvalue weighted by atomic mass is 19.4. The van der Waals surface area contributed by atoms with E-state index in [1.54, 1.807) is 0 Å². The molecular weight excluding hydrogens is 276 g/mol. The molecule has 0 aliphatic heterocycles. The first kappa shape index (κ1) is 15.8. The SMILES string of the molecule is NC(CO)Cc1cc(C(F)(F)F)cc(C(F)(F)F)c1. The summed E-state index contributed by atoms with van der Waals surface area (Å²) in [5.41, 5.74) is 2.32. The lowest BCUT2D eigenvalue weighted by Gasteiger charge is -2.15. The van der Waals surface area contributed by atoms with Crippen LogP contribution in [0.5, 0.6) is 0 Å². The first-order valence-corrected chi connectivity index (χ1v) is 5.19. The first-order valence-electron chi connectivity index (χ1n) is 5.19. The quantitative estimate of drug-likeness (QED) is 0.839. The minimum absolute atomic E-state index is 0.0496. The van der Waals surface area contributed by atoms with Gasteiger partial charge in [-0.15, -0.1) is 0 Å². The maximum absolute atomic E-state index is 12.5. The number of hydrogen-bond acceptors (Lipinski definition) is 2. The van der Waals surface area contributed by atoms with Gasteiger partial charge >= 0.3 is 12.4 Å². The van der Waals surface area contributed by atoms with E-state index in [0.29, 0.717) is 12.1 Å². The molecule has 0 aromatic heterocycles. The summed E-state index contributed by atoms with van der Waals surface area (Å²) in [5, 5.41) is 8.68. The molecule has 0 radical (unpaired) electrons. The van der Waals surface area contributed by atoms with Crippen molar-refractivity contribution in [3.63, 3.8) is 0 Å². The second kappa shape index (κ2) is 5.38. The van der Waals surface area contributed by atoms with Gasteiger partial charge in [-0.05, 0) is 30.2 Å². The molecule has 0 amide bonds. The molecule has 19 heavy (non-hydrogen) atoms. The van der Waals surface area contributed by atoms with Crippen LogP contribution in [0.25, 0.3) is 0 Å². The van der Waals surface area contributed by atoms with Crippen molar-refractivity contribution in [2.45, 2.75) is 24.8 Å². The Morgan fingerprint density at radius 2 is 1.37 bits per heavy atom. The Kier molecular flexibility index (Phi) is 4.46. The molecule has 0 fully saturated rings. The van der Waals surface area contributed by atoms with Gasteiger partial charge in [-0.2, -0.15) is 26.3 Å². The van der Waals surface area contributed by atoms with E-state index in [1.165, 1.54) is 0 Å². The molecule has 1 aromatic rings. The Labute approximate surface area is 104 Å². The molecule has 0 spiro atoms. The molecule has 0 aliphatic carbocycles. The summed E-state index contributed by atoms with van der Waals surface area (Å²) in [6.45, 7) is -0.530. The van der Waals surface area contributed by atoms with E-state index in [4.69, 9.17) is 10.8 Å². The van der Waals surface area contributed by atoms with E-state index in [9.17, 15) is 26.3 Å². The highest BCUT2D eigenvalue weighted by molar-refractivity contribution is 5.34. The number of benzene rings is 1. The summed E-state index contributed by atoms with van der Waals surface area (Å²) >= 11 is 0. The molecule has 3 N–H and O–H groups in total. The van der Waals surface area contributed by atoms with E-state index in [1.807, 2.05) is 0 Å². The lowest BCUT2D eigenvalue weighted by molar-refractivity contribution is -0.143. The van der Waals surface area contributed by atoms with E-state index in [-0.39, 0.29) is 18.1 Å². The fourth-order valence-electron chi connectivity index (χ4n) is 1.50. The van der Waals surface area contributed by atoms with Gasteiger partial charge in [-0.25, -0.2) is 0 Å². The van der Waals surface area contributed by atoms with Gasteiger partial charge in [0.2, 0.25) is 0 Å². The number of aliphatic hydroxyl groups is 1. The molecule has 0 heterocycles. The van der Waals surface area contributed by atoms with Gasteiger partial charge in [0.05, 0.1) is 17.7 Å². The van der Waals surface area contributed by atoms with Crippen molar-refractivity contribution in [1.82, 2.24) is 0 Å². The maximum atomic E-state index is 12.5. The number of nitrogens with two attached hydrogens (primary N) is 1.